The summed E-state index contributed by atoms with van der Waals surface area (Å²) in [6.45, 7) is 4.95. The van der Waals surface area contributed by atoms with Crippen LogP contribution in [0.25, 0.3) is 0 Å². The van der Waals surface area contributed by atoms with Crippen LogP contribution in [0.5, 0.6) is 0 Å². The van der Waals surface area contributed by atoms with E-state index in [4.69, 9.17) is 5.73 Å². The molecule has 0 amide bonds. The van der Waals surface area contributed by atoms with Crippen molar-refractivity contribution in [2.45, 2.75) is 25.6 Å². The molecule has 1 fully saturated rings. The Morgan fingerprint density at radius 2 is 1.95 bits per heavy atom. The topological polar surface area (TPSA) is 29.3 Å². The molecule has 2 atom stereocenters. The van der Waals surface area contributed by atoms with E-state index in [1.54, 1.807) is 0 Å². The number of benzene rings is 1. The number of alkyl halides is 3. The minimum absolute atomic E-state index is 0.229. The lowest BCUT2D eigenvalue weighted by Gasteiger charge is -2.21. The number of hydrogen-bond acceptors (Lipinski definition) is 2. The van der Waals surface area contributed by atoms with E-state index >= 15 is 0 Å². The molecule has 19 heavy (non-hydrogen) atoms. The number of nitrogens with two attached hydrogens (primary N) is 1. The van der Waals surface area contributed by atoms with E-state index in [0.717, 1.165) is 30.8 Å². The Bertz CT molecular complexity index is 414. The van der Waals surface area contributed by atoms with E-state index in [1.165, 1.54) is 18.6 Å². The molecular formula is C14H19F3N2. The molecule has 0 aromatic heterocycles. The monoisotopic (exact) mass is 272 g/mol. The summed E-state index contributed by atoms with van der Waals surface area (Å²) in [6, 6.07) is 4.93. The van der Waals surface area contributed by atoms with Gasteiger partial charge in [-0.05, 0) is 36.6 Å². The first-order valence-electron chi connectivity index (χ1n) is 6.51. The highest BCUT2D eigenvalue weighted by atomic mass is 19.4. The fourth-order valence-corrected chi connectivity index (χ4v) is 2.50. The predicted molar refractivity (Wildman–Crippen MR) is 68.6 cm³/mol. The molecule has 2 rings (SSSR count). The van der Waals surface area contributed by atoms with Crippen molar-refractivity contribution in [1.82, 2.24) is 4.90 Å². The summed E-state index contributed by atoms with van der Waals surface area (Å²) in [4.78, 5) is 2.27. The second-order valence-electron chi connectivity index (χ2n) is 5.38. The highest BCUT2D eigenvalue weighted by molar-refractivity contribution is 5.26. The third-order valence-electron chi connectivity index (χ3n) is 3.63. The predicted octanol–water partition coefficient (Wildman–Crippen LogP) is 3.05. The average Bonchev–Trinajstić information content (AvgIpc) is 2.74. The van der Waals surface area contributed by atoms with Crippen LogP contribution >= 0.6 is 0 Å². The van der Waals surface area contributed by atoms with Crippen LogP contribution in [0.1, 0.15) is 30.5 Å². The fraction of sp³-hybridized carbons (Fsp3) is 0.571. The highest BCUT2D eigenvalue weighted by Crippen LogP contribution is 2.30. The van der Waals surface area contributed by atoms with Crippen molar-refractivity contribution in [3.05, 3.63) is 35.4 Å². The van der Waals surface area contributed by atoms with E-state index in [2.05, 4.69) is 11.8 Å². The van der Waals surface area contributed by atoms with Crippen molar-refractivity contribution in [3.63, 3.8) is 0 Å². The largest absolute Gasteiger partial charge is 0.416 e. The molecular weight excluding hydrogens is 253 g/mol. The molecule has 5 heteroatoms. The number of halogens is 3. The summed E-state index contributed by atoms with van der Waals surface area (Å²) in [5.41, 5.74) is 6.19. The molecule has 2 unspecified atom stereocenters. The van der Waals surface area contributed by atoms with E-state index < -0.39 is 11.7 Å². The van der Waals surface area contributed by atoms with Crippen molar-refractivity contribution in [1.29, 1.82) is 0 Å². The Morgan fingerprint density at radius 3 is 2.42 bits per heavy atom. The summed E-state index contributed by atoms with van der Waals surface area (Å²) >= 11 is 0. The maximum absolute atomic E-state index is 12.5. The van der Waals surface area contributed by atoms with Crippen LogP contribution in [0.4, 0.5) is 13.2 Å². The third-order valence-corrected chi connectivity index (χ3v) is 3.63. The van der Waals surface area contributed by atoms with Crippen molar-refractivity contribution < 1.29 is 13.2 Å². The van der Waals surface area contributed by atoms with Gasteiger partial charge in [-0.3, -0.25) is 0 Å². The Morgan fingerprint density at radius 1 is 1.32 bits per heavy atom. The van der Waals surface area contributed by atoms with Crippen LogP contribution in [-0.2, 0) is 6.18 Å². The lowest BCUT2D eigenvalue weighted by molar-refractivity contribution is -0.137. The molecule has 1 aromatic carbocycles. The van der Waals surface area contributed by atoms with E-state index in [1.807, 2.05) is 0 Å². The van der Waals surface area contributed by atoms with Gasteiger partial charge >= 0.3 is 6.18 Å². The highest BCUT2D eigenvalue weighted by Gasteiger charge is 2.30. The quantitative estimate of drug-likeness (QED) is 0.916. The molecule has 106 valence electrons. The summed E-state index contributed by atoms with van der Waals surface area (Å²) < 4.78 is 37.4. The maximum atomic E-state index is 12.5. The molecule has 0 bridgehead atoms. The van der Waals surface area contributed by atoms with Crippen LogP contribution in [0.2, 0.25) is 0 Å². The van der Waals surface area contributed by atoms with Crippen LogP contribution in [0.3, 0.4) is 0 Å². The number of hydrogen-bond donors (Lipinski definition) is 1. The summed E-state index contributed by atoms with van der Waals surface area (Å²) in [7, 11) is 0. The minimum Gasteiger partial charge on any atom is -0.323 e. The van der Waals surface area contributed by atoms with Gasteiger partial charge in [-0.25, -0.2) is 0 Å². The first-order chi connectivity index (χ1) is 8.86. The third kappa shape index (κ3) is 3.70. The van der Waals surface area contributed by atoms with Gasteiger partial charge in [0.25, 0.3) is 0 Å². The van der Waals surface area contributed by atoms with Crippen LogP contribution in [-0.4, -0.2) is 24.5 Å². The molecule has 1 aliphatic rings. The molecule has 2 N–H and O–H groups in total. The van der Waals surface area contributed by atoms with Crippen LogP contribution in [0.15, 0.2) is 24.3 Å². The zero-order valence-electron chi connectivity index (χ0n) is 11.0. The number of rotatable bonds is 3. The van der Waals surface area contributed by atoms with Crippen LogP contribution < -0.4 is 5.73 Å². The van der Waals surface area contributed by atoms with E-state index in [9.17, 15) is 13.2 Å². The normalized spacial score (nSPS) is 22.7. The standard InChI is InChI=1S/C14H19F3N2/c1-10-6-7-19(8-10)9-13(18)11-2-4-12(5-3-11)14(15,16)17/h2-5,10,13H,6-9,18H2,1H3. The molecule has 0 radical (unpaired) electrons. The first kappa shape index (κ1) is 14.3. The van der Waals surface area contributed by atoms with Crippen LogP contribution in [0, 0.1) is 5.92 Å². The van der Waals surface area contributed by atoms with Gasteiger partial charge in [-0.2, -0.15) is 13.2 Å². The molecule has 0 spiro atoms. The number of nitrogens with zero attached hydrogens (tertiary/aromatic N) is 1. The zero-order valence-corrected chi connectivity index (χ0v) is 11.0. The lowest BCUT2D eigenvalue weighted by atomic mass is 10.0. The van der Waals surface area contributed by atoms with Crippen molar-refractivity contribution in [2.24, 2.45) is 11.7 Å². The van der Waals surface area contributed by atoms with Gasteiger partial charge in [0.15, 0.2) is 0 Å². The molecule has 2 nitrogen and oxygen atoms in total. The second-order valence-corrected chi connectivity index (χ2v) is 5.38. The Balaban J connectivity index is 1.98. The Labute approximate surface area is 111 Å². The van der Waals surface area contributed by atoms with Crippen molar-refractivity contribution in [3.8, 4) is 0 Å². The summed E-state index contributed by atoms with van der Waals surface area (Å²) in [5.74, 6) is 0.680. The van der Waals surface area contributed by atoms with Crippen molar-refractivity contribution >= 4 is 0 Å². The second kappa shape index (κ2) is 5.51. The maximum Gasteiger partial charge on any atom is 0.416 e. The molecule has 1 saturated heterocycles. The first-order valence-corrected chi connectivity index (χ1v) is 6.51. The Hall–Kier alpha value is -1.07. The van der Waals surface area contributed by atoms with Gasteiger partial charge in [0.2, 0.25) is 0 Å². The SMILES string of the molecule is CC1CCN(CC(N)c2ccc(C(F)(F)F)cc2)C1. The van der Waals surface area contributed by atoms with E-state index in [-0.39, 0.29) is 6.04 Å². The molecule has 1 aromatic rings. The number of likely N-dealkylation sites (tertiary alicyclic amines) is 1. The fourth-order valence-electron chi connectivity index (χ4n) is 2.50. The van der Waals surface area contributed by atoms with Crippen molar-refractivity contribution in [2.75, 3.05) is 19.6 Å². The molecule has 1 heterocycles. The van der Waals surface area contributed by atoms with Gasteiger partial charge in [-0.1, -0.05) is 19.1 Å². The van der Waals surface area contributed by atoms with Gasteiger partial charge in [-0.15, -0.1) is 0 Å². The van der Waals surface area contributed by atoms with Gasteiger partial charge < -0.3 is 10.6 Å². The van der Waals surface area contributed by atoms with E-state index in [0.29, 0.717) is 12.5 Å². The minimum atomic E-state index is -4.28. The molecule has 0 saturated carbocycles. The summed E-state index contributed by atoms with van der Waals surface area (Å²) in [5, 5.41) is 0. The smallest absolute Gasteiger partial charge is 0.323 e. The average molecular weight is 272 g/mol. The van der Waals surface area contributed by atoms with Gasteiger partial charge in [0.1, 0.15) is 0 Å². The molecule has 0 aliphatic carbocycles. The zero-order chi connectivity index (χ0) is 14.0. The van der Waals surface area contributed by atoms with Gasteiger partial charge in [0, 0.05) is 19.1 Å². The summed E-state index contributed by atoms with van der Waals surface area (Å²) in [6.07, 6.45) is -3.12. The van der Waals surface area contributed by atoms with Gasteiger partial charge in [0.05, 0.1) is 5.56 Å². The Kier molecular flexibility index (Phi) is 4.16. The molecule has 1 aliphatic heterocycles. The lowest BCUT2D eigenvalue weighted by Crippen LogP contribution is -2.30.